The van der Waals surface area contributed by atoms with Crippen LogP contribution in [0.1, 0.15) is 13.8 Å². The summed E-state index contributed by atoms with van der Waals surface area (Å²) in [6.45, 7) is 3.58. The maximum Gasteiger partial charge on any atom is 0.0966 e. The van der Waals surface area contributed by atoms with Crippen LogP contribution in [0.3, 0.4) is 0 Å². The molecule has 0 heterocycles. The maximum absolute atomic E-state index is 5.13. The molecule has 0 unspecified atom stereocenters. The Morgan fingerprint density at radius 2 is 1.67 bits per heavy atom. The van der Waals surface area contributed by atoms with Crippen molar-refractivity contribution >= 4 is 30.2 Å². The van der Waals surface area contributed by atoms with Gasteiger partial charge >= 0.3 is 0 Å². The van der Waals surface area contributed by atoms with Gasteiger partial charge in [0.05, 0.1) is 36.3 Å². The molecule has 44 valence electrons. The molecule has 0 N–H and O–H groups in total. The largest absolute Gasteiger partial charge is 0.315 e. The molecule has 0 aliphatic rings. The predicted molar refractivity (Wildman–Crippen MR) is 40.3 cm³/mol. The van der Waals surface area contributed by atoms with Crippen molar-refractivity contribution in [1.82, 2.24) is 0 Å². The van der Waals surface area contributed by atoms with Gasteiger partial charge in [-0.25, -0.2) is 4.89 Å². The summed E-state index contributed by atoms with van der Waals surface area (Å²) in [5.41, 5.74) is 0. The molecule has 0 aliphatic heterocycles. The third kappa shape index (κ3) is 8.33. The Kier molecular flexibility index (Phi) is 3.62. The van der Waals surface area contributed by atoms with Crippen LogP contribution in [0, 0.1) is 0 Å². The van der Waals surface area contributed by atoms with Crippen LogP contribution >= 0.6 is 0 Å². The molecule has 0 aromatic rings. The van der Waals surface area contributed by atoms with E-state index in [0.29, 0.717) is 0 Å². The molecule has 0 bridgehead atoms. The van der Waals surface area contributed by atoms with Crippen molar-refractivity contribution in [3.05, 3.63) is 0 Å². The molecule has 0 atom stereocenters. The lowest BCUT2D eigenvalue weighted by Gasteiger charge is -2.19. The molecule has 6 heteroatoms. The van der Waals surface area contributed by atoms with Crippen LogP contribution in [-0.2, 0) is 9.46 Å². The van der Waals surface area contributed by atoms with Crippen LogP contribution in [0.25, 0.3) is 0 Å². The van der Waals surface area contributed by atoms with Crippen LogP contribution in [0.4, 0.5) is 0 Å². The van der Waals surface area contributed by atoms with Crippen LogP contribution in [0.2, 0.25) is 0 Å². The summed E-state index contributed by atoms with van der Waals surface area (Å²) in [4.78, 5) is 4.59. The van der Waals surface area contributed by atoms with Gasteiger partial charge in [-0.1, -0.05) is 0 Å². The topological polar surface area (TPSA) is 18.5 Å². The minimum absolute atomic E-state index is 0.0625. The molecule has 0 saturated heterocycles. The minimum atomic E-state index is -2.94. The van der Waals surface area contributed by atoms with Crippen LogP contribution in [-0.4, -0.2) is 36.3 Å². The van der Waals surface area contributed by atoms with E-state index in [1.165, 1.54) is 0 Å². The first-order chi connectivity index (χ1) is 3.92. The van der Waals surface area contributed by atoms with Gasteiger partial charge in [0.25, 0.3) is 0 Å². The second kappa shape index (κ2) is 3.49. The zero-order chi connectivity index (χ0) is 7.49. The Hall–Kier alpha value is 0.332. The fraction of sp³-hybridized carbons (Fsp3) is 1.00. The summed E-state index contributed by atoms with van der Waals surface area (Å²) in [5.74, 6) is 0. The Balaban J connectivity index is 3.28. The first-order valence-corrected chi connectivity index (χ1v) is 4.77. The van der Waals surface area contributed by atoms with Crippen molar-refractivity contribution < 1.29 is 9.46 Å². The number of rotatable bonds is 3. The highest BCUT2D eigenvalue weighted by Crippen LogP contribution is 1.93. The summed E-state index contributed by atoms with van der Waals surface area (Å²) in [6, 6.07) is 0. The van der Waals surface area contributed by atoms with Gasteiger partial charge in [0.1, 0.15) is 0 Å². The van der Waals surface area contributed by atoms with Gasteiger partial charge in [-0.05, 0) is 13.8 Å². The highest BCUT2D eigenvalue weighted by atomic mass is 28.3. The van der Waals surface area contributed by atoms with Gasteiger partial charge in [0, 0.05) is 0 Å². The second-order valence-electron chi connectivity index (χ2n) is 2.08. The predicted octanol–water partition coefficient (Wildman–Crippen LogP) is -0.716. The van der Waals surface area contributed by atoms with E-state index >= 15 is 0 Å². The standard InChI is InChI=1S/C3H7B3O2Si/c1-3(2)7-8-9(4,5)6/h3H,1-2H3. The van der Waals surface area contributed by atoms with Crippen molar-refractivity contribution in [2.45, 2.75) is 20.0 Å². The van der Waals surface area contributed by atoms with E-state index in [-0.39, 0.29) is 6.10 Å². The molecule has 6 radical (unpaired) electrons. The van der Waals surface area contributed by atoms with Crippen molar-refractivity contribution in [2.75, 3.05) is 0 Å². The first-order valence-electron chi connectivity index (χ1n) is 2.63. The Labute approximate surface area is 60.4 Å². The van der Waals surface area contributed by atoms with Crippen LogP contribution in [0.15, 0.2) is 0 Å². The van der Waals surface area contributed by atoms with Gasteiger partial charge < -0.3 is 4.58 Å². The third-order valence-corrected chi connectivity index (χ3v) is 0.770. The Bertz CT molecular complexity index is 81.6. The van der Waals surface area contributed by atoms with Crippen molar-refractivity contribution in [2.24, 2.45) is 0 Å². The van der Waals surface area contributed by atoms with Gasteiger partial charge in [-0.15, -0.1) is 0 Å². The van der Waals surface area contributed by atoms with E-state index in [1.54, 1.807) is 13.8 Å². The summed E-state index contributed by atoms with van der Waals surface area (Å²) in [6.07, 6.45) is -0.0625. The van der Waals surface area contributed by atoms with Crippen molar-refractivity contribution in [1.29, 1.82) is 0 Å². The van der Waals surface area contributed by atoms with E-state index in [0.717, 1.165) is 0 Å². The number of hydrogen-bond acceptors (Lipinski definition) is 2. The number of hydrogen-bond donors (Lipinski definition) is 0. The molecule has 0 aliphatic carbocycles. The molecule has 0 spiro atoms. The van der Waals surface area contributed by atoms with Crippen LogP contribution in [0.5, 0.6) is 0 Å². The lowest BCUT2D eigenvalue weighted by molar-refractivity contribution is -0.237. The lowest BCUT2D eigenvalue weighted by atomic mass is 10.5. The van der Waals surface area contributed by atoms with Crippen molar-refractivity contribution in [3.8, 4) is 0 Å². The fourth-order valence-corrected chi connectivity index (χ4v) is 0.539. The summed E-state index contributed by atoms with van der Waals surface area (Å²) < 4.78 is 4.46. The van der Waals surface area contributed by atoms with E-state index < -0.39 is 7.93 Å². The quantitative estimate of drug-likeness (QED) is 0.289. The molecular formula is C3H7B3O2Si. The molecular weight excluding hydrogens is 129 g/mol. The van der Waals surface area contributed by atoms with E-state index in [4.69, 9.17) is 22.3 Å². The second-order valence-corrected chi connectivity index (χ2v) is 3.96. The maximum atomic E-state index is 5.13. The van der Waals surface area contributed by atoms with Gasteiger partial charge in [-0.2, -0.15) is 0 Å². The van der Waals surface area contributed by atoms with Gasteiger partial charge in [-0.3, -0.25) is 0 Å². The normalized spacial score (nSPS) is 12.3. The highest BCUT2D eigenvalue weighted by molar-refractivity contribution is 7.57. The first kappa shape index (κ1) is 9.33. The Morgan fingerprint density at radius 3 is 1.78 bits per heavy atom. The zero-order valence-electron chi connectivity index (χ0n) is 5.63. The van der Waals surface area contributed by atoms with E-state index in [9.17, 15) is 0 Å². The lowest BCUT2D eigenvalue weighted by Crippen LogP contribution is -2.42. The van der Waals surface area contributed by atoms with Gasteiger partial charge in [0.2, 0.25) is 0 Å². The summed E-state index contributed by atoms with van der Waals surface area (Å²) >= 11 is 0. The van der Waals surface area contributed by atoms with Gasteiger partial charge in [0.15, 0.2) is 0 Å². The van der Waals surface area contributed by atoms with Crippen LogP contribution < -0.4 is 0 Å². The molecule has 0 rings (SSSR count). The average Bonchev–Trinajstić information content (AvgIpc) is 1.59. The summed E-state index contributed by atoms with van der Waals surface area (Å²) in [7, 11) is 12.5. The Morgan fingerprint density at radius 1 is 1.22 bits per heavy atom. The van der Waals surface area contributed by atoms with E-state index in [1.807, 2.05) is 0 Å². The zero-order valence-corrected chi connectivity index (χ0v) is 6.63. The summed E-state index contributed by atoms with van der Waals surface area (Å²) in [5, 5.41) is 0. The molecule has 9 heavy (non-hydrogen) atoms. The van der Waals surface area contributed by atoms with E-state index in [2.05, 4.69) is 9.46 Å². The van der Waals surface area contributed by atoms with Crippen molar-refractivity contribution in [3.63, 3.8) is 0 Å². The molecule has 0 saturated carbocycles. The minimum Gasteiger partial charge on any atom is -0.315 e. The molecule has 2 nitrogen and oxygen atoms in total. The molecule has 0 aromatic heterocycles. The SMILES string of the molecule is [B][Si]([B])([B])OOC(C)C. The monoisotopic (exact) mass is 136 g/mol. The third-order valence-electron chi connectivity index (χ3n) is 0.385. The average molecular weight is 136 g/mol. The molecule has 0 amide bonds. The molecule has 0 aromatic carbocycles. The molecule has 0 fully saturated rings. The fourth-order valence-electron chi connectivity index (χ4n) is 0.180. The smallest absolute Gasteiger partial charge is 0.0966 e. The highest BCUT2D eigenvalue weighted by Gasteiger charge is 2.13.